The minimum Gasteiger partial charge on any atom is -0.508 e. The summed E-state index contributed by atoms with van der Waals surface area (Å²) in [5.41, 5.74) is 1.07. The van der Waals surface area contributed by atoms with Gasteiger partial charge in [0.2, 0.25) is 0 Å². The number of phenols is 1. The molecule has 0 atom stereocenters. The van der Waals surface area contributed by atoms with Gasteiger partial charge in [-0.3, -0.25) is 4.90 Å². The Morgan fingerprint density at radius 3 is 2.87 bits per heavy atom. The molecule has 1 aromatic rings. The smallest absolute Gasteiger partial charge is 0.115 e. The molecule has 2 rings (SSSR count). The highest BCUT2D eigenvalue weighted by Gasteiger charge is 2.22. The zero-order valence-corrected chi connectivity index (χ0v) is 8.56. The van der Waals surface area contributed by atoms with Crippen LogP contribution in [0.15, 0.2) is 24.3 Å². The van der Waals surface area contributed by atoms with E-state index < -0.39 is 0 Å². The first-order valence-corrected chi connectivity index (χ1v) is 5.13. The van der Waals surface area contributed by atoms with Gasteiger partial charge in [-0.05, 0) is 17.7 Å². The van der Waals surface area contributed by atoms with Crippen LogP contribution < -0.4 is 5.32 Å². The third-order valence-corrected chi connectivity index (χ3v) is 2.51. The number of phenolic OH excluding ortho intramolecular Hbond substituents is 1. The van der Waals surface area contributed by atoms with Crippen LogP contribution in [0, 0.1) is 0 Å². The molecule has 4 nitrogen and oxygen atoms in total. The number of aromatic hydroxyl groups is 1. The van der Waals surface area contributed by atoms with Gasteiger partial charge in [0, 0.05) is 26.3 Å². The molecule has 82 valence electrons. The van der Waals surface area contributed by atoms with E-state index in [-0.39, 0.29) is 6.10 Å². The molecule has 1 aromatic carbocycles. The Labute approximate surface area is 89.1 Å². The van der Waals surface area contributed by atoms with Crippen LogP contribution in [0.2, 0.25) is 0 Å². The van der Waals surface area contributed by atoms with E-state index in [4.69, 9.17) is 5.11 Å². The first-order chi connectivity index (χ1) is 7.24. The molecule has 0 amide bonds. The summed E-state index contributed by atoms with van der Waals surface area (Å²) in [5, 5.41) is 21.6. The van der Waals surface area contributed by atoms with Gasteiger partial charge in [0.15, 0.2) is 0 Å². The Balaban J connectivity index is 1.69. The fourth-order valence-corrected chi connectivity index (χ4v) is 1.70. The summed E-state index contributed by atoms with van der Waals surface area (Å²) in [6.07, 6.45) is -0.146. The number of nitrogens with one attached hydrogen (secondary N) is 1. The lowest BCUT2D eigenvalue weighted by molar-refractivity contribution is -0.00258. The first-order valence-electron chi connectivity index (χ1n) is 5.13. The second kappa shape index (κ2) is 4.61. The van der Waals surface area contributed by atoms with Gasteiger partial charge in [0.05, 0.1) is 6.10 Å². The second-order valence-electron chi connectivity index (χ2n) is 3.94. The maximum atomic E-state index is 9.24. The van der Waals surface area contributed by atoms with E-state index in [0.29, 0.717) is 5.75 Å². The minimum absolute atomic E-state index is 0.146. The van der Waals surface area contributed by atoms with Crippen LogP contribution in [0.3, 0.4) is 0 Å². The molecule has 0 bridgehead atoms. The summed E-state index contributed by atoms with van der Waals surface area (Å²) < 4.78 is 0. The van der Waals surface area contributed by atoms with Crippen LogP contribution in [0.5, 0.6) is 5.75 Å². The van der Waals surface area contributed by atoms with Gasteiger partial charge in [-0.2, -0.15) is 0 Å². The summed E-state index contributed by atoms with van der Waals surface area (Å²) in [6.45, 7) is 3.04. The lowest BCUT2D eigenvalue weighted by Gasteiger charge is -2.35. The van der Waals surface area contributed by atoms with E-state index in [1.54, 1.807) is 12.1 Å². The SMILES string of the molecule is Oc1cccc(CNCN2CC(O)C2)c1. The standard InChI is InChI=1S/C11H16N2O2/c14-10-3-1-2-9(4-10)5-12-8-13-6-11(15)7-13/h1-4,11-12,14-15H,5-8H2. The Kier molecular flexibility index (Phi) is 3.20. The molecule has 1 aliphatic rings. The molecular weight excluding hydrogens is 192 g/mol. The van der Waals surface area contributed by atoms with E-state index in [2.05, 4.69) is 10.2 Å². The largest absolute Gasteiger partial charge is 0.508 e. The van der Waals surface area contributed by atoms with Crippen molar-refractivity contribution in [3.8, 4) is 5.75 Å². The van der Waals surface area contributed by atoms with Crippen LogP contribution in [0.1, 0.15) is 5.56 Å². The summed E-state index contributed by atoms with van der Waals surface area (Å²) in [7, 11) is 0. The van der Waals surface area contributed by atoms with Gasteiger partial charge in [-0.15, -0.1) is 0 Å². The molecule has 4 heteroatoms. The van der Waals surface area contributed by atoms with Crippen LogP contribution in [0.4, 0.5) is 0 Å². The molecule has 0 aromatic heterocycles. The fourth-order valence-electron chi connectivity index (χ4n) is 1.70. The monoisotopic (exact) mass is 208 g/mol. The third-order valence-electron chi connectivity index (χ3n) is 2.51. The molecule has 1 saturated heterocycles. The zero-order chi connectivity index (χ0) is 10.7. The molecule has 0 unspecified atom stereocenters. The number of aliphatic hydroxyl groups is 1. The van der Waals surface area contributed by atoms with Crippen LogP contribution in [-0.2, 0) is 6.54 Å². The van der Waals surface area contributed by atoms with Gasteiger partial charge >= 0.3 is 0 Å². The van der Waals surface area contributed by atoms with Crippen molar-refractivity contribution in [2.75, 3.05) is 19.8 Å². The number of aliphatic hydroxyl groups excluding tert-OH is 1. The zero-order valence-electron chi connectivity index (χ0n) is 8.56. The average molecular weight is 208 g/mol. The molecule has 0 aliphatic carbocycles. The molecule has 0 spiro atoms. The second-order valence-corrected chi connectivity index (χ2v) is 3.94. The summed E-state index contributed by atoms with van der Waals surface area (Å²) >= 11 is 0. The number of likely N-dealkylation sites (tertiary alicyclic amines) is 1. The molecular formula is C11H16N2O2. The van der Waals surface area contributed by atoms with Gasteiger partial charge < -0.3 is 15.5 Å². The normalized spacial score (nSPS) is 17.7. The number of benzene rings is 1. The van der Waals surface area contributed by atoms with E-state index in [1.807, 2.05) is 12.1 Å². The summed E-state index contributed by atoms with van der Waals surface area (Å²) in [6, 6.07) is 7.21. The van der Waals surface area contributed by atoms with Crippen molar-refractivity contribution in [2.24, 2.45) is 0 Å². The Morgan fingerprint density at radius 2 is 2.20 bits per heavy atom. The Morgan fingerprint density at radius 1 is 1.40 bits per heavy atom. The number of hydrogen-bond donors (Lipinski definition) is 3. The highest BCUT2D eigenvalue weighted by atomic mass is 16.3. The number of β-amino-alcohol motifs (C(OH)–C–C–N with tert-alkyl or cyclic N) is 1. The van der Waals surface area contributed by atoms with E-state index in [0.717, 1.165) is 31.9 Å². The lowest BCUT2D eigenvalue weighted by atomic mass is 10.2. The van der Waals surface area contributed by atoms with Crippen molar-refractivity contribution in [3.63, 3.8) is 0 Å². The quantitative estimate of drug-likeness (QED) is 0.657. The molecule has 15 heavy (non-hydrogen) atoms. The van der Waals surface area contributed by atoms with Crippen molar-refractivity contribution in [3.05, 3.63) is 29.8 Å². The van der Waals surface area contributed by atoms with Crippen LogP contribution >= 0.6 is 0 Å². The highest BCUT2D eigenvalue weighted by Crippen LogP contribution is 2.10. The van der Waals surface area contributed by atoms with Gasteiger partial charge in [0.25, 0.3) is 0 Å². The van der Waals surface area contributed by atoms with E-state index in [1.165, 1.54) is 0 Å². The average Bonchev–Trinajstić information content (AvgIpc) is 2.15. The molecule has 0 radical (unpaired) electrons. The van der Waals surface area contributed by atoms with Crippen molar-refractivity contribution >= 4 is 0 Å². The maximum Gasteiger partial charge on any atom is 0.115 e. The minimum atomic E-state index is -0.146. The first kappa shape index (κ1) is 10.4. The molecule has 0 saturated carbocycles. The van der Waals surface area contributed by atoms with Gasteiger partial charge in [-0.1, -0.05) is 12.1 Å². The van der Waals surface area contributed by atoms with Crippen molar-refractivity contribution in [1.82, 2.24) is 10.2 Å². The Hall–Kier alpha value is -1.10. The maximum absolute atomic E-state index is 9.24. The Bertz CT molecular complexity index is 324. The van der Waals surface area contributed by atoms with Crippen molar-refractivity contribution in [2.45, 2.75) is 12.6 Å². The van der Waals surface area contributed by atoms with E-state index in [9.17, 15) is 5.11 Å². The predicted octanol–water partition coefficient (Wildman–Crippen LogP) is 0.116. The number of nitrogens with zero attached hydrogens (tertiary/aromatic N) is 1. The summed E-state index contributed by atoms with van der Waals surface area (Å²) in [4.78, 5) is 2.13. The van der Waals surface area contributed by atoms with Gasteiger partial charge in [-0.25, -0.2) is 0 Å². The molecule has 1 fully saturated rings. The fraction of sp³-hybridized carbons (Fsp3) is 0.455. The van der Waals surface area contributed by atoms with E-state index >= 15 is 0 Å². The molecule has 3 N–H and O–H groups in total. The third kappa shape index (κ3) is 2.92. The predicted molar refractivity (Wildman–Crippen MR) is 57.4 cm³/mol. The molecule has 1 heterocycles. The molecule has 1 aliphatic heterocycles. The van der Waals surface area contributed by atoms with Crippen molar-refractivity contribution in [1.29, 1.82) is 0 Å². The highest BCUT2D eigenvalue weighted by molar-refractivity contribution is 5.26. The topological polar surface area (TPSA) is 55.7 Å². The van der Waals surface area contributed by atoms with Gasteiger partial charge in [0.1, 0.15) is 5.75 Å². The van der Waals surface area contributed by atoms with Crippen LogP contribution in [-0.4, -0.2) is 41.0 Å². The van der Waals surface area contributed by atoms with Crippen LogP contribution in [0.25, 0.3) is 0 Å². The number of hydrogen-bond acceptors (Lipinski definition) is 4. The summed E-state index contributed by atoms with van der Waals surface area (Å²) in [5.74, 6) is 0.300. The van der Waals surface area contributed by atoms with Crippen molar-refractivity contribution < 1.29 is 10.2 Å². The number of rotatable bonds is 4. The lowest BCUT2D eigenvalue weighted by Crippen LogP contribution is -2.53.